The number of para-hydroxylation sites is 2. The van der Waals surface area contributed by atoms with Crippen LogP contribution in [-0.2, 0) is 0 Å². The predicted octanol–water partition coefficient (Wildman–Crippen LogP) is 16.1. The van der Waals surface area contributed by atoms with Gasteiger partial charge in [0, 0.05) is 33.4 Å². The highest BCUT2D eigenvalue weighted by Gasteiger charge is 2.23. The van der Waals surface area contributed by atoms with Gasteiger partial charge in [0.05, 0.1) is 16.9 Å². The summed E-state index contributed by atoms with van der Waals surface area (Å²) in [6, 6.07) is 83.3. The molecule has 11 rings (SSSR count). The third-order valence-corrected chi connectivity index (χ3v) is 11.7. The lowest BCUT2D eigenvalue weighted by atomic mass is 9.97. The molecule has 1 heterocycles. The summed E-state index contributed by atoms with van der Waals surface area (Å²) in [7, 11) is 0. The zero-order chi connectivity index (χ0) is 39.8. The van der Waals surface area contributed by atoms with Crippen LogP contribution in [-0.4, -0.2) is 4.57 Å². The molecular formula is C58H40N2. The molecule has 1 aromatic heterocycles. The van der Waals surface area contributed by atoms with Crippen LogP contribution in [0.15, 0.2) is 231 Å². The minimum absolute atomic E-state index is 1.10. The van der Waals surface area contributed by atoms with Crippen LogP contribution >= 0.6 is 0 Å². The molecule has 0 aliphatic rings. The third kappa shape index (κ3) is 6.23. The van der Waals surface area contributed by atoms with E-state index in [9.17, 15) is 0 Å². The maximum Gasteiger partial charge on any atom is 0.0619 e. The van der Waals surface area contributed by atoms with Crippen molar-refractivity contribution in [2.24, 2.45) is 0 Å². The van der Waals surface area contributed by atoms with E-state index in [4.69, 9.17) is 0 Å². The van der Waals surface area contributed by atoms with Gasteiger partial charge >= 0.3 is 0 Å². The van der Waals surface area contributed by atoms with Crippen LogP contribution in [0, 0.1) is 0 Å². The first-order valence-electron chi connectivity index (χ1n) is 20.6. The van der Waals surface area contributed by atoms with Crippen LogP contribution in [0.3, 0.4) is 0 Å². The molecular weight excluding hydrogens is 725 g/mol. The van der Waals surface area contributed by atoms with Gasteiger partial charge in [-0.15, -0.1) is 0 Å². The normalized spacial score (nSPS) is 11.6. The molecule has 0 aliphatic heterocycles. The summed E-state index contributed by atoms with van der Waals surface area (Å²) < 4.78 is 2.48. The maximum atomic E-state index is 2.48. The minimum Gasteiger partial charge on any atom is -0.310 e. The summed E-state index contributed by atoms with van der Waals surface area (Å²) in [5, 5.41) is 8.61. The molecule has 0 N–H and O–H groups in total. The Kier molecular flexibility index (Phi) is 8.87. The smallest absolute Gasteiger partial charge is 0.0619 e. The molecule has 0 aliphatic carbocycles. The Morgan fingerprint density at radius 2 is 0.950 bits per heavy atom. The average Bonchev–Trinajstić information content (AvgIpc) is 3.68. The van der Waals surface area contributed by atoms with Gasteiger partial charge in [-0.05, 0) is 91.6 Å². The van der Waals surface area contributed by atoms with Gasteiger partial charge in [-0.2, -0.15) is 0 Å². The molecule has 11 aromatic rings. The zero-order valence-electron chi connectivity index (χ0n) is 33.0. The molecule has 0 bridgehead atoms. The second-order valence-corrected chi connectivity index (χ2v) is 15.3. The van der Waals surface area contributed by atoms with E-state index in [1.54, 1.807) is 0 Å². The van der Waals surface area contributed by atoms with Gasteiger partial charge in [0.1, 0.15) is 0 Å². The molecule has 0 radical (unpaired) electrons. The summed E-state index contributed by atoms with van der Waals surface area (Å²) in [5.74, 6) is 0. The van der Waals surface area contributed by atoms with E-state index >= 15 is 0 Å². The number of fused-ring (bicyclic) bond motifs is 5. The number of aromatic nitrogens is 1. The van der Waals surface area contributed by atoms with E-state index in [1.807, 2.05) is 0 Å². The molecule has 0 spiro atoms. The van der Waals surface area contributed by atoms with Crippen molar-refractivity contribution in [2.75, 3.05) is 4.90 Å². The first-order chi connectivity index (χ1) is 29.8. The molecule has 282 valence electrons. The summed E-state index contributed by atoms with van der Waals surface area (Å²) in [4.78, 5) is 2.38. The second-order valence-electron chi connectivity index (χ2n) is 15.3. The molecule has 0 fully saturated rings. The summed E-state index contributed by atoms with van der Waals surface area (Å²) >= 11 is 0. The maximum absolute atomic E-state index is 2.48. The topological polar surface area (TPSA) is 8.17 Å². The number of anilines is 3. The van der Waals surface area contributed by atoms with E-state index in [-0.39, 0.29) is 0 Å². The SMILES string of the molecule is C(=C\c1cccc2c(-c3ccccc3)c(-c3ccccc3)n(-c3ccc4ccccc4c3)c12)/c1ccc(N(c2ccccc2)c2cc3ccccc3c3ccccc23)cc1. The number of benzene rings is 10. The Labute approximate surface area is 350 Å². The van der Waals surface area contributed by atoms with Crippen LogP contribution in [0.4, 0.5) is 17.1 Å². The Balaban J connectivity index is 1.06. The number of hydrogen-bond acceptors (Lipinski definition) is 1. The van der Waals surface area contributed by atoms with Crippen molar-refractivity contribution in [1.82, 2.24) is 4.57 Å². The second kappa shape index (κ2) is 15.1. The van der Waals surface area contributed by atoms with E-state index in [1.165, 1.54) is 65.6 Å². The Morgan fingerprint density at radius 1 is 0.367 bits per heavy atom. The molecule has 0 saturated heterocycles. The van der Waals surface area contributed by atoms with Gasteiger partial charge in [0.2, 0.25) is 0 Å². The number of rotatable bonds is 8. The standard InChI is InChI=1S/C58H40N2/c1-4-18-43(19-5-1)56-54-30-16-24-45(57(54)60(58(56)44-20-6-2-7-21-44)50-38-35-42-17-10-11-22-46(42)39-50)34-31-41-32-36-49(37-33-41)59(48-25-8-3-9-26-48)55-40-47-23-12-13-27-51(47)52-28-14-15-29-53(52)55/h1-40H/b34-31+. The molecule has 0 atom stereocenters. The molecule has 2 heteroatoms. The fourth-order valence-electron chi connectivity index (χ4n) is 8.98. The first kappa shape index (κ1) is 35.2. The van der Waals surface area contributed by atoms with E-state index < -0.39 is 0 Å². The van der Waals surface area contributed by atoms with Crippen molar-refractivity contribution in [1.29, 1.82) is 0 Å². The zero-order valence-corrected chi connectivity index (χ0v) is 33.0. The highest BCUT2D eigenvalue weighted by molar-refractivity contribution is 6.15. The largest absolute Gasteiger partial charge is 0.310 e. The molecule has 0 unspecified atom stereocenters. The lowest BCUT2D eigenvalue weighted by Gasteiger charge is -2.27. The van der Waals surface area contributed by atoms with Crippen molar-refractivity contribution >= 4 is 72.4 Å². The van der Waals surface area contributed by atoms with Crippen LogP contribution < -0.4 is 4.90 Å². The van der Waals surface area contributed by atoms with Gasteiger partial charge < -0.3 is 9.47 Å². The lowest BCUT2D eigenvalue weighted by molar-refractivity contribution is 1.14. The highest BCUT2D eigenvalue weighted by atomic mass is 15.1. The van der Waals surface area contributed by atoms with Gasteiger partial charge in [0.25, 0.3) is 0 Å². The molecule has 60 heavy (non-hydrogen) atoms. The first-order valence-corrected chi connectivity index (χ1v) is 20.6. The molecule has 2 nitrogen and oxygen atoms in total. The van der Waals surface area contributed by atoms with E-state index in [2.05, 4.69) is 252 Å². The Bertz CT molecular complexity index is 3340. The molecule has 0 amide bonds. The minimum atomic E-state index is 1.10. The van der Waals surface area contributed by atoms with Crippen molar-refractivity contribution in [3.8, 4) is 28.1 Å². The summed E-state index contributed by atoms with van der Waals surface area (Å²) in [6.45, 7) is 0. The van der Waals surface area contributed by atoms with Crippen molar-refractivity contribution in [3.63, 3.8) is 0 Å². The van der Waals surface area contributed by atoms with Crippen LogP contribution in [0.2, 0.25) is 0 Å². The van der Waals surface area contributed by atoms with Gasteiger partial charge in [-0.1, -0.05) is 200 Å². The van der Waals surface area contributed by atoms with E-state index in [0.717, 1.165) is 33.9 Å². The molecule has 10 aromatic carbocycles. The third-order valence-electron chi connectivity index (χ3n) is 11.7. The van der Waals surface area contributed by atoms with Crippen molar-refractivity contribution in [3.05, 3.63) is 242 Å². The van der Waals surface area contributed by atoms with Gasteiger partial charge in [0.15, 0.2) is 0 Å². The average molecular weight is 765 g/mol. The van der Waals surface area contributed by atoms with Crippen LogP contribution in [0.25, 0.3) is 83.4 Å². The quantitative estimate of drug-likeness (QED) is 0.110. The lowest BCUT2D eigenvalue weighted by Crippen LogP contribution is -2.10. The summed E-state index contributed by atoms with van der Waals surface area (Å²) in [6.07, 6.45) is 4.53. The molecule has 0 saturated carbocycles. The highest BCUT2D eigenvalue weighted by Crippen LogP contribution is 2.45. The number of nitrogens with zero attached hydrogens (tertiary/aromatic N) is 2. The van der Waals surface area contributed by atoms with Crippen molar-refractivity contribution in [2.45, 2.75) is 0 Å². The van der Waals surface area contributed by atoms with Gasteiger partial charge in [-0.3, -0.25) is 0 Å². The fraction of sp³-hybridized carbons (Fsp3) is 0. The van der Waals surface area contributed by atoms with Crippen LogP contribution in [0.1, 0.15) is 11.1 Å². The van der Waals surface area contributed by atoms with Crippen LogP contribution in [0.5, 0.6) is 0 Å². The summed E-state index contributed by atoms with van der Waals surface area (Å²) in [5.41, 5.74) is 12.7. The van der Waals surface area contributed by atoms with Gasteiger partial charge in [-0.25, -0.2) is 0 Å². The number of hydrogen-bond donors (Lipinski definition) is 0. The Hall–Kier alpha value is -7.94. The predicted molar refractivity (Wildman–Crippen MR) is 257 cm³/mol. The monoisotopic (exact) mass is 764 g/mol. The fourth-order valence-corrected chi connectivity index (χ4v) is 8.98. The van der Waals surface area contributed by atoms with Crippen molar-refractivity contribution < 1.29 is 0 Å². The van der Waals surface area contributed by atoms with E-state index in [0.29, 0.717) is 0 Å². The Morgan fingerprint density at radius 3 is 1.70 bits per heavy atom.